The van der Waals surface area contributed by atoms with Crippen LogP contribution in [-0.4, -0.2) is 35.3 Å². The van der Waals surface area contributed by atoms with E-state index in [0.29, 0.717) is 48.0 Å². The summed E-state index contributed by atoms with van der Waals surface area (Å²) in [6, 6.07) is 16.9. The molecule has 0 aliphatic carbocycles. The van der Waals surface area contributed by atoms with Crippen LogP contribution < -0.4 is 15.0 Å². The Labute approximate surface area is 173 Å². The molecule has 2 aromatic heterocycles. The monoisotopic (exact) mass is 403 g/mol. The largest absolute Gasteiger partial charge is 0.496 e. The molecule has 7 heteroatoms. The Hall–Kier alpha value is -3.71. The Bertz CT molecular complexity index is 1180. The molecule has 2 heterocycles. The normalized spacial score (nSPS) is 10.8. The molecule has 0 aliphatic heterocycles. The maximum atomic E-state index is 12.6. The van der Waals surface area contributed by atoms with Crippen LogP contribution in [0.3, 0.4) is 0 Å². The van der Waals surface area contributed by atoms with E-state index in [9.17, 15) is 4.79 Å². The smallest absolute Gasteiger partial charge is 0.262 e. The molecule has 0 radical (unpaired) electrons. The van der Waals surface area contributed by atoms with Gasteiger partial charge in [0.15, 0.2) is 0 Å². The molecule has 4 aromatic rings. The quantitative estimate of drug-likeness (QED) is 0.453. The van der Waals surface area contributed by atoms with Gasteiger partial charge in [0.2, 0.25) is 0 Å². The van der Waals surface area contributed by atoms with Crippen LogP contribution in [0.5, 0.6) is 11.5 Å². The summed E-state index contributed by atoms with van der Waals surface area (Å²) in [5, 5.41) is 0.378. The Balaban J connectivity index is 1.51. The zero-order valence-electron chi connectivity index (χ0n) is 16.5. The molecular formula is C23H21N3O4. The van der Waals surface area contributed by atoms with Crippen LogP contribution in [0.2, 0.25) is 0 Å². The van der Waals surface area contributed by atoms with Gasteiger partial charge < -0.3 is 19.2 Å². The number of nitrogens with one attached hydrogen (secondary N) is 1. The highest BCUT2D eigenvalue weighted by molar-refractivity contribution is 5.87. The minimum Gasteiger partial charge on any atom is -0.496 e. The molecule has 7 nitrogen and oxygen atoms in total. The van der Waals surface area contributed by atoms with Crippen LogP contribution in [0, 0.1) is 0 Å². The lowest BCUT2D eigenvalue weighted by Crippen LogP contribution is -2.12. The molecule has 30 heavy (non-hydrogen) atoms. The third kappa shape index (κ3) is 4.47. The molecule has 0 aliphatic rings. The standard InChI is InChI=1S/C23H21N3O4/c1-28-20-14-18(30-12-11-29-15-16-5-3-2-4-6-16)13-19-21(20)23(27)26-22(25-19)17-7-9-24-10-8-17/h2-10,13-14H,11-12,15H2,1H3,(H,25,26,27). The van der Waals surface area contributed by atoms with E-state index in [0.717, 1.165) is 11.1 Å². The molecule has 2 aromatic carbocycles. The average molecular weight is 403 g/mol. The summed E-state index contributed by atoms with van der Waals surface area (Å²) in [6.07, 6.45) is 3.30. The van der Waals surface area contributed by atoms with E-state index in [1.807, 2.05) is 30.3 Å². The molecule has 0 saturated carbocycles. The number of pyridine rings is 1. The molecule has 1 N–H and O–H groups in total. The number of ether oxygens (including phenoxy) is 3. The molecule has 0 spiro atoms. The summed E-state index contributed by atoms with van der Waals surface area (Å²) < 4.78 is 16.9. The Morgan fingerprint density at radius 2 is 1.80 bits per heavy atom. The van der Waals surface area contributed by atoms with Gasteiger partial charge in [0.25, 0.3) is 5.56 Å². The van der Waals surface area contributed by atoms with Crippen molar-refractivity contribution in [3.8, 4) is 22.9 Å². The van der Waals surface area contributed by atoms with Crippen LogP contribution >= 0.6 is 0 Å². The number of aromatic amines is 1. The van der Waals surface area contributed by atoms with Crippen LogP contribution in [0.4, 0.5) is 0 Å². The maximum absolute atomic E-state index is 12.6. The van der Waals surface area contributed by atoms with E-state index >= 15 is 0 Å². The fourth-order valence-electron chi connectivity index (χ4n) is 3.08. The van der Waals surface area contributed by atoms with E-state index in [1.54, 1.807) is 36.7 Å². The van der Waals surface area contributed by atoms with E-state index in [1.165, 1.54) is 7.11 Å². The van der Waals surface area contributed by atoms with Gasteiger partial charge in [-0.15, -0.1) is 0 Å². The van der Waals surface area contributed by atoms with E-state index in [2.05, 4.69) is 15.0 Å². The van der Waals surface area contributed by atoms with Gasteiger partial charge in [-0.05, 0) is 17.7 Å². The van der Waals surface area contributed by atoms with Crippen LogP contribution in [-0.2, 0) is 11.3 Å². The summed E-state index contributed by atoms with van der Waals surface area (Å²) in [4.78, 5) is 24.0. The molecule has 0 bridgehead atoms. The molecule has 0 unspecified atom stereocenters. The van der Waals surface area contributed by atoms with Gasteiger partial charge in [0.05, 0.1) is 25.8 Å². The van der Waals surface area contributed by atoms with Crippen molar-refractivity contribution in [3.63, 3.8) is 0 Å². The summed E-state index contributed by atoms with van der Waals surface area (Å²) in [5.41, 5.74) is 2.09. The first kappa shape index (κ1) is 19.6. The summed E-state index contributed by atoms with van der Waals surface area (Å²) in [5.74, 6) is 1.42. The average Bonchev–Trinajstić information content (AvgIpc) is 2.79. The van der Waals surface area contributed by atoms with Gasteiger partial charge in [-0.1, -0.05) is 30.3 Å². The lowest BCUT2D eigenvalue weighted by atomic mass is 10.2. The van der Waals surface area contributed by atoms with Crippen molar-refractivity contribution in [2.75, 3.05) is 20.3 Å². The highest BCUT2D eigenvalue weighted by Gasteiger charge is 2.13. The Morgan fingerprint density at radius 1 is 1.00 bits per heavy atom. The predicted octanol–water partition coefficient (Wildman–Crippen LogP) is 3.59. The van der Waals surface area contributed by atoms with Crippen molar-refractivity contribution >= 4 is 10.9 Å². The highest BCUT2D eigenvalue weighted by Crippen LogP contribution is 2.29. The number of benzene rings is 2. The Morgan fingerprint density at radius 3 is 2.57 bits per heavy atom. The number of hydrogen-bond acceptors (Lipinski definition) is 6. The fraction of sp³-hybridized carbons (Fsp3) is 0.174. The maximum Gasteiger partial charge on any atom is 0.262 e. The Kier molecular flexibility index (Phi) is 6.01. The summed E-state index contributed by atoms with van der Waals surface area (Å²) >= 11 is 0. The number of hydrogen-bond donors (Lipinski definition) is 1. The van der Waals surface area contributed by atoms with Crippen molar-refractivity contribution in [1.29, 1.82) is 0 Å². The predicted molar refractivity (Wildman–Crippen MR) is 114 cm³/mol. The van der Waals surface area contributed by atoms with E-state index < -0.39 is 0 Å². The van der Waals surface area contributed by atoms with Gasteiger partial charge >= 0.3 is 0 Å². The lowest BCUT2D eigenvalue weighted by Gasteiger charge is -2.11. The van der Waals surface area contributed by atoms with Crippen molar-refractivity contribution in [2.24, 2.45) is 0 Å². The molecule has 0 atom stereocenters. The molecule has 152 valence electrons. The fourth-order valence-corrected chi connectivity index (χ4v) is 3.08. The van der Waals surface area contributed by atoms with Crippen LogP contribution in [0.15, 0.2) is 71.8 Å². The van der Waals surface area contributed by atoms with Gasteiger partial charge in [0.1, 0.15) is 29.3 Å². The minimum absolute atomic E-state index is 0.276. The molecule has 0 fully saturated rings. The number of H-pyrrole nitrogens is 1. The van der Waals surface area contributed by atoms with Crippen molar-refractivity contribution in [1.82, 2.24) is 15.0 Å². The second-order valence-electron chi connectivity index (χ2n) is 6.56. The highest BCUT2D eigenvalue weighted by atomic mass is 16.5. The third-order valence-corrected chi connectivity index (χ3v) is 4.53. The first-order valence-electron chi connectivity index (χ1n) is 9.51. The van der Waals surface area contributed by atoms with Crippen LogP contribution in [0.1, 0.15) is 5.56 Å². The lowest BCUT2D eigenvalue weighted by molar-refractivity contribution is 0.0889. The minimum atomic E-state index is -0.276. The molecule has 0 saturated heterocycles. The number of fused-ring (bicyclic) bond motifs is 1. The molecule has 4 rings (SSSR count). The first-order valence-corrected chi connectivity index (χ1v) is 9.51. The van der Waals surface area contributed by atoms with Gasteiger partial charge in [-0.25, -0.2) is 4.98 Å². The topological polar surface area (TPSA) is 86.3 Å². The summed E-state index contributed by atoms with van der Waals surface area (Å²) in [7, 11) is 1.51. The van der Waals surface area contributed by atoms with Gasteiger partial charge in [-0.3, -0.25) is 9.78 Å². The van der Waals surface area contributed by atoms with E-state index in [-0.39, 0.29) is 5.56 Å². The first-order chi connectivity index (χ1) is 14.7. The SMILES string of the molecule is COc1cc(OCCOCc2ccccc2)cc2nc(-c3ccncc3)[nH]c(=O)c12. The molecule has 0 amide bonds. The number of methoxy groups -OCH3 is 1. The number of nitrogens with zero attached hydrogens (tertiary/aromatic N) is 2. The van der Waals surface area contributed by atoms with Crippen LogP contribution in [0.25, 0.3) is 22.3 Å². The van der Waals surface area contributed by atoms with Gasteiger partial charge in [-0.2, -0.15) is 0 Å². The second kappa shape index (κ2) is 9.19. The zero-order valence-corrected chi connectivity index (χ0v) is 16.5. The molecular weight excluding hydrogens is 382 g/mol. The van der Waals surface area contributed by atoms with Crippen molar-refractivity contribution < 1.29 is 14.2 Å². The third-order valence-electron chi connectivity index (χ3n) is 4.53. The second-order valence-corrected chi connectivity index (χ2v) is 6.56. The number of rotatable bonds is 8. The van der Waals surface area contributed by atoms with Crippen molar-refractivity contribution in [3.05, 3.63) is 82.9 Å². The number of aromatic nitrogens is 3. The van der Waals surface area contributed by atoms with Crippen molar-refractivity contribution in [2.45, 2.75) is 6.61 Å². The summed E-state index contributed by atoms with van der Waals surface area (Å²) in [6.45, 7) is 1.32. The van der Waals surface area contributed by atoms with Gasteiger partial charge in [0, 0.05) is 30.1 Å². The van der Waals surface area contributed by atoms with E-state index in [4.69, 9.17) is 14.2 Å². The zero-order chi connectivity index (χ0) is 20.8.